The van der Waals surface area contributed by atoms with Gasteiger partial charge in [-0.2, -0.15) is 18.3 Å². The number of aryl methyl sites for hydroxylation is 2. The van der Waals surface area contributed by atoms with Crippen molar-refractivity contribution >= 4 is 6.03 Å². The molecule has 1 fully saturated rings. The second-order valence-corrected chi connectivity index (χ2v) is 6.60. The van der Waals surface area contributed by atoms with Gasteiger partial charge in [0, 0.05) is 31.7 Å². The molecule has 9 heteroatoms. The van der Waals surface area contributed by atoms with Crippen LogP contribution in [0.3, 0.4) is 0 Å². The number of likely N-dealkylation sites (tertiary alicyclic amines) is 1. The molecule has 1 aliphatic heterocycles. The monoisotopic (exact) mass is 348 g/mol. The maximum Gasteiger partial charge on any atom is 0.419 e. The lowest BCUT2D eigenvalue weighted by Crippen LogP contribution is -2.49. The van der Waals surface area contributed by atoms with E-state index in [-0.39, 0.29) is 12.5 Å². The molecular weight excluding hydrogens is 325 g/mol. The molecule has 136 valence electrons. The van der Waals surface area contributed by atoms with Crippen LogP contribution in [0.25, 0.3) is 0 Å². The van der Waals surface area contributed by atoms with Crippen LogP contribution in [0.15, 0.2) is 6.07 Å². The van der Waals surface area contributed by atoms with Gasteiger partial charge >= 0.3 is 12.2 Å². The van der Waals surface area contributed by atoms with Gasteiger partial charge in [-0.05, 0) is 25.8 Å². The first-order valence-electron chi connectivity index (χ1n) is 7.85. The Morgan fingerprint density at radius 3 is 2.67 bits per heavy atom. The predicted molar refractivity (Wildman–Crippen MR) is 81.5 cm³/mol. The van der Waals surface area contributed by atoms with Crippen molar-refractivity contribution in [3.63, 3.8) is 0 Å². The first-order valence-corrected chi connectivity index (χ1v) is 7.85. The molecule has 0 saturated carbocycles. The van der Waals surface area contributed by atoms with Crippen LogP contribution in [0.1, 0.15) is 24.7 Å². The molecule has 0 radical (unpaired) electrons. The van der Waals surface area contributed by atoms with Crippen molar-refractivity contribution < 1.29 is 23.1 Å². The summed E-state index contributed by atoms with van der Waals surface area (Å²) in [5.74, 6) is 0.0658. The average molecular weight is 348 g/mol. The van der Waals surface area contributed by atoms with E-state index in [4.69, 9.17) is 0 Å². The third-order valence-corrected chi connectivity index (χ3v) is 4.25. The summed E-state index contributed by atoms with van der Waals surface area (Å²) >= 11 is 0. The maximum absolute atomic E-state index is 12.8. The zero-order chi connectivity index (χ0) is 18.1. The van der Waals surface area contributed by atoms with Gasteiger partial charge in [-0.15, -0.1) is 0 Å². The molecule has 0 unspecified atom stereocenters. The second kappa shape index (κ2) is 6.62. The molecule has 2 rings (SSSR count). The Kier molecular flexibility index (Phi) is 5.12. The summed E-state index contributed by atoms with van der Waals surface area (Å²) in [6.07, 6.45) is -5.23. The SMILES string of the molecule is Cc1cc(C)n(C[C@H](C)CNC(=O)N2CC[C@@](O)(C(F)(F)F)C2)n1. The lowest BCUT2D eigenvalue weighted by atomic mass is 10.0. The molecule has 24 heavy (non-hydrogen) atoms. The molecule has 1 aliphatic rings. The van der Waals surface area contributed by atoms with Gasteiger partial charge in [-0.25, -0.2) is 4.79 Å². The highest BCUT2D eigenvalue weighted by molar-refractivity contribution is 5.74. The van der Waals surface area contributed by atoms with E-state index >= 15 is 0 Å². The normalized spacial score (nSPS) is 22.7. The standard InChI is InChI=1S/C15H23F3N4O2/c1-10(8-22-12(3)6-11(2)20-22)7-19-13(23)21-5-4-14(24,9-21)15(16,17)18/h6,10,24H,4-5,7-9H2,1-3H3,(H,19,23)/t10-,14+/m1/s1. The van der Waals surface area contributed by atoms with Crippen LogP contribution < -0.4 is 5.32 Å². The molecule has 0 aliphatic carbocycles. The number of β-amino-alcohol motifs (C(OH)–C–C–N with tert-alkyl or cyclic N) is 1. The molecule has 0 spiro atoms. The largest absolute Gasteiger partial charge is 0.419 e. The lowest BCUT2D eigenvalue weighted by Gasteiger charge is -2.26. The van der Waals surface area contributed by atoms with E-state index in [0.717, 1.165) is 16.3 Å². The highest BCUT2D eigenvalue weighted by Gasteiger charge is 2.57. The minimum absolute atomic E-state index is 0.0658. The number of carbonyl (C=O) groups is 1. The van der Waals surface area contributed by atoms with E-state index in [1.807, 2.05) is 31.5 Å². The van der Waals surface area contributed by atoms with Gasteiger partial charge in [0.2, 0.25) is 0 Å². The summed E-state index contributed by atoms with van der Waals surface area (Å²) in [5.41, 5.74) is -0.882. The molecule has 1 aromatic heterocycles. The first kappa shape index (κ1) is 18.6. The zero-order valence-electron chi connectivity index (χ0n) is 14.0. The Hall–Kier alpha value is -1.77. The van der Waals surface area contributed by atoms with Gasteiger partial charge in [0.1, 0.15) is 0 Å². The van der Waals surface area contributed by atoms with E-state index in [1.54, 1.807) is 0 Å². The third kappa shape index (κ3) is 4.00. The third-order valence-electron chi connectivity index (χ3n) is 4.25. The summed E-state index contributed by atoms with van der Waals surface area (Å²) in [6, 6.07) is 1.36. The van der Waals surface area contributed by atoms with Crippen molar-refractivity contribution in [3.05, 3.63) is 17.5 Å². The Morgan fingerprint density at radius 1 is 1.50 bits per heavy atom. The molecule has 2 atom stereocenters. The summed E-state index contributed by atoms with van der Waals surface area (Å²) in [6.45, 7) is 5.83. The van der Waals surface area contributed by atoms with Gasteiger partial charge in [-0.3, -0.25) is 4.68 Å². The number of urea groups is 1. The van der Waals surface area contributed by atoms with E-state index in [1.165, 1.54) is 0 Å². The van der Waals surface area contributed by atoms with Crippen molar-refractivity contribution in [1.29, 1.82) is 0 Å². The van der Waals surface area contributed by atoms with Crippen LogP contribution in [0.5, 0.6) is 0 Å². The second-order valence-electron chi connectivity index (χ2n) is 6.60. The van der Waals surface area contributed by atoms with Crippen LogP contribution in [-0.2, 0) is 6.54 Å². The molecule has 1 aromatic rings. The van der Waals surface area contributed by atoms with Crippen molar-refractivity contribution in [1.82, 2.24) is 20.0 Å². The molecule has 1 saturated heterocycles. The first-order chi connectivity index (χ1) is 11.0. The van der Waals surface area contributed by atoms with Crippen molar-refractivity contribution in [2.24, 2.45) is 5.92 Å². The number of aliphatic hydroxyl groups is 1. The fraction of sp³-hybridized carbons (Fsp3) is 0.733. The fourth-order valence-electron chi connectivity index (χ4n) is 2.79. The topological polar surface area (TPSA) is 70.4 Å². The molecular formula is C15H23F3N4O2. The van der Waals surface area contributed by atoms with E-state index < -0.39 is 30.8 Å². The van der Waals surface area contributed by atoms with Crippen molar-refractivity contribution in [2.45, 2.75) is 45.5 Å². The molecule has 2 heterocycles. The fourth-order valence-corrected chi connectivity index (χ4v) is 2.79. The van der Waals surface area contributed by atoms with Crippen LogP contribution in [0.2, 0.25) is 0 Å². The van der Waals surface area contributed by atoms with Gasteiger partial charge in [0.05, 0.1) is 12.2 Å². The minimum Gasteiger partial charge on any atom is -0.379 e. The molecule has 2 amide bonds. The van der Waals surface area contributed by atoms with Crippen molar-refractivity contribution in [3.8, 4) is 0 Å². The van der Waals surface area contributed by atoms with Gasteiger partial charge < -0.3 is 15.3 Å². The summed E-state index contributed by atoms with van der Waals surface area (Å²) in [5, 5.41) is 16.6. The van der Waals surface area contributed by atoms with E-state index in [2.05, 4.69) is 10.4 Å². The number of halogens is 3. The zero-order valence-corrected chi connectivity index (χ0v) is 14.0. The Balaban J connectivity index is 1.82. The molecule has 0 aromatic carbocycles. The summed E-state index contributed by atoms with van der Waals surface area (Å²) in [7, 11) is 0. The number of nitrogens with zero attached hydrogens (tertiary/aromatic N) is 3. The van der Waals surface area contributed by atoms with Gasteiger partial charge in [0.25, 0.3) is 0 Å². The maximum atomic E-state index is 12.8. The number of nitrogens with one attached hydrogen (secondary N) is 1. The average Bonchev–Trinajstić information content (AvgIpc) is 3.00. The van der Waals surface area contributed by atoms with Crippen LogP contribution >= 0.6 is 0 Å². The number of hydrogen-bond donors (Lipinski definition) is 2. The minimum atomic E-state index is -4.73. The van der Waals surface area contributed by atoms with Crippen molar-refractivity contribution in [2.75, 3.05) is 19.6 Å². The van der Waals surface area contributed by atoms with Gasteiger partial charge in [0.15, 0.2) is 5.60 Å². The van der Waals surface area contributed by atoms with Crippen LogP contribution in [0, 0.1) is 19.8 Å². The van der Waals surface area contributed by atoms with Crippen LogP contribution in [0.4, 0.5) is 18.0 Å². The molecule has 2 N–H and O–H groups in total. The highest BCUT2D eigenvalue weighted by atomic mass is 19.4. The molecule has 0 bridgehead atoms. The molecule has 6 nitrogen and oxygen atoms in total. The quantitative estimate of drug-likeness (QED) is 0.872. The number of hydrogen-bond acceptors (Lipinski definition) is 3. The van der Waals surface area contributed by atoms with E-state index in [9.17, 15) is 23.1 Å². The Labute approximate surface area is 138 Å². The summed E-state index contributed by atoms with van der Waals surface area (Å²) < 4.78 is 40.1. The Morgan fingerprint density at radius 2 is 2.17 bits per heavy atom. The number of alkyl halides is 3. The van der Waals surface area contributed by atoms with E-state index in [0.29, 0.717) is 13.1 Å². The Bertz CT molecular complexity index is 602. The number of amides is 2. The van der Waals surface area contributed by atoms with Crippen LogP contribution in [-0.4, -0.2) is 57.2 Å². The smallest absolute Gasteiger partial charge is 0.379 e. The van der Waals surface area contributed by atoms with Gasteiger partial charge in [-0.1, -0.05) is 6.92 Å². The number of rotatable bonds is 4. The highest BCUT2D eigenvalue weighted by Crippen LogP contribution is 2.37. The number of aromatic nitrogens is 2. The predicted octanol–water partition coefficient (Wildman–Crippen LogP) is 1.84. The summed E-state index contributed by atoms with van der Waals surface area (Å²) in [4.78, 5) is 13.0. The number of carbonyl (C=O) groups excluding carboxylic acids is 1. The lowest BCUT2D eigenvalue weighted by molar-refractivity contribution is -0.253.